The fourth-order valence-corrected chi connectivity index (χ4v) is 4.62. The van der Waals surface area contributed by atoms with Gasteiger partial charge in [0.15, 0.2) is 11.5 Å². The van der Waals surface area contributed by atoms with Crippen molar-refractivity contribution in [2.75, 3.05) is 25.3 Å². The molecule has 0 saturated carbocycles. The lowest BCUT2D eigenvalue weighted by Gasteiger charge is -2.31. The number of pyridine rings is 1. The van der Waals surface area contributed by atoms with Gasteiger partial charge in [0, 0.05) is 25.4 Å². The van der Waals surface area contributed by atoms with Crippen LogP contribution in [-0.2, 0) is 0 Å². The molecule has 2 aliphatic rings. The molecule has 0 aliphatic carbocycles. The van der Waals surface area contributed by atoms with Crippen LogP contribution < -0.4 is 15.0 Å². The number of amides is 1. The Kier molecular flexibility index (Phi) is 4.86. The molecule has 0 unspecified atom stereocenters. The first kappa shape index (κ1) is 18.0. The zero-order valence-corrected chi connectivity index (χ0v) is 16.3. The van der Waals surface area contributed by atoms with Gasteiger partial charge < -0.3 is 14.4 Å². The molecule has 142 valence electrons. The summed E-state index contributed by atoms with van der Waals surface area (Å²) >= 11 is 1.91. The van der Waals surface area contributed by atoms with Crippen LogP contribution in [0.5, 0.6) is 11.5 Å². The average Bonchev–Trinajstić information content (AvgIpc) is 3.16. The number of hydrogen-bond acceptors (Lipinski definition) is 5. The van der Waals surface area contributed by atoms with Crippen LogP contribution in [0, 0.1) is 6.92 Å². The summed E-state index contributed by atoms with van der Waals surface area (Å²) in [5.41, 5.74) is 1.26. The minimum Gasteiger partial charge on any atom is -0.454 e. The van der Waals surface area contributed by atoms with Crippen molar-refractivity contribution in [1.29, 1.82) is 0 Å². The van der Waals surface area contributed by atoms with Crippen LogP contribution in [0.3, 0.4) is 0 Å². The number of ether oxygens (including phenoxy) is 2. The SMILES string of the molecule is Cc1ccn(-c2ccc3c(c2)OCO3)c(=O)c1C(=O)N(C)C1CCSCC1. The maximum absolute atomic E-state index is 13.2. The van der Waals surface area contributed by atoms with Gasteiger partial charge in [-0.3, -0.25) is 14.2 Å². The second-order valence-corrected chi connectivity index (χ2v) is 8.07. The summed E-state index contributed by atoms with van der Waals surface area (Å²) in [6.07, 6.45) is 3.63. The van der Waals surface area contributed by atoms with E-state index in [0.29, 0.717) is 22.7 Å². The summed E-state index contributed by atoms with van der Waals surface area (Å²) in [4.78, 5) is 28.0. The monoisotopic (exact) mass is 386 g/mol. The lowest BCUT2D eigenvalue weighted by atomic mass is 10.1. The smallest absolute Gasteiger partial charge is 0.268 e. The quantitative estimate of drug-likeness (QED) is 0.812. The van der Waals surface area contributed by atoms with Gasteiger partial charge in [-0.2, -0.15) is 11.8 Å². The number of carbonyl (C=O) groups excluding carboxylic acids is 1. The molecule has 1 fully saturated rings. The largest absolute Gasteiger partial charge is 0.454 e. The number of benzene rings is 1. The molecule has 0 radical (unpaired) electrons. The van der Waals surface area contributed by atoms with Crippen molar-refractivity contribution in [2.45, 2.75) is 25.8 Å². The lowest BCUT2D eigenvalue weighted by Crippen LogP contribution is -2.42. The zero-order chi connectivity index (χ0) is 19.0. The molecule has 0 N–H and O–H groups in total. The van der Waals surface area contributed by atoms with Gasteiger partial charge in [-0.15, -0.1) is 0 Å². The first-order valence-electron chi connectivity index (χ1n) is 9.03. The molecule has 1 amide bonds. The van der Waals surface area contributed by atoms with Gasteiger partial charge in [-0.05, 0) is 55.0 Å². The molecule has 2 aromatic rings. The third-order valence-electron chi connectivity index (χ3n) is 5.21. The molecule has 0 spiro atoms. The van der Waals surface area contributed by atoms with E-state index >= 15 is 0 Å². The first-order chi connectivity index (χ1) is 13.1. The van der Waals surface area contributed by atoms with Crippen LogP contribution in [0.15, 0.2) is 35.3 Å². The maximum Gasteiger partial charge on any atom is 0.268 e. The second-order valence-electron chi connectivity index (χ2n) is 6.85. The van der Waals surface area contributed by atoms with E-state index in [1.165, 1.54) is 4.57 Å². The van der Waals surface area contributed by atoms with Crippen molar-refractivity contribution in [3.8, 4) is 17.2 Å². The molecule has 7 heteroatoms. The predicted molar refractivity (Wildman–Crippen MR) is 105 cm³/mol. The number of nitrogens with zero attached hydrogens (tertiary/aromatic N) is 2. The number of hydrogen-bond donors (Lipinski definition) is 0. The minimum atomic E-state index is -0.309. The van der Waals surface area contributed by atoms with Gasteiger partial charge in [0.05, 0.1) is 5.69 Å². The Balaban J connectivity index is 1.70. The van der Waals surface area contributed by atoms with E-state index in [-0.39, 0.29) is 29.9 Å². The van der Waals surface area contributed by atoms with Crippen molar-refractivity contribution < 1.29 is 14.3 Å². The fourth-order valence-electron chi connectivity index (χ4n) is 3.54. The third kappa shape index (κ3) is 3.32. The van der Waals surface area contributed by atoms with Crippen molar-refractivity contribution in [1.82, 2.24) is 9.47 Å². The van der Waals surface area contributed by atoms with Crippen molar-refractivity contribution in [2.24, 2.45) is 0 Å². The molecule has 1 aromatic heterocycles. The number of aryl methyl sites for hydroxylation is 1. The van der Waals surface area contributed by atoms with E-state index in [1.807, 2.05) is 24.8 Å². The molecule has 27 heavy (non-hydrogen) atoms. The maximum atomic E-state index is 13.2. The highest BCUT2D eigenvalue weighted by Gasteiger charge is 2.27. The number of thioether (sulfide) groups is 1. The normalized spacial score (nSPS) is 16.4. The summed E-state index contributed by atoms with van der Waals surface area (Å²) in [5.74, 6) is 3.16. The standard InChI is InChI=1S/C20H22N2O4S/c1-13-5-8-22(15-3-4-16-17(11-15)26-12-25-16)20(24)18(13)19(23)21(2)14-6-9-27-10-7-14/h3-5,8,11,14H,6-7,9-10,12H2,1-2H3. The Hall–Kier alpha value is -2.41. The van der Waals surface area contributed by atoms with Crippen LogP contribution in [0.1, 0.15) is 28.8 Å². The molecule has 1 saturated heterocycles. The molecule has 0 atom stereocenters. The van der Waals surface area contributed by atoms with Crippen LogP contribution in [-0.4, -0.2) is 46.8 Å². The first-order valence-corrected chi connectivity index (χ1v) is 10.2. The van der Waals surface area contributed by atoms with Crippen molar-refractivity contribution in [3.63, 3.8) is 0 Å². The van der Waals surface area contributed by atoms with E-state index in [2.05, 4.69) is 0 Å². The summed E-state index contributed by atoms with van der Waals surface area (Å²) in [6.45, 7) is 1.99. The predicted octanol–water partition coefficient (Wildman–Crippen LogP) is 2.84. The number of carbonyl (C=O) groups is 1. The van der Waals surface area contributed by atoms with Gasteiger partial charge in [0.25, 0.3) is 11.5 Å². The number of fused-ring (bicyclic) bond motifs is 1. The summed E-state index contributed by atoms with van der Waals surface area (Å²) < 4.78 is 12.2. The number of aromatic nitrogens is 1. The topological polar surface area (TPSA) is 60.8 Å². The Bertz CT molecular complexity index is 934. The van der Waals surface area contributed by atoms with Crippen molar-refractivity contribution in [3.05, 3.63) is 51.9 Å². The Morgan fingerprint density at radius 2 is 1.93 bits per heavy atom. The molecule has 3 heterocycles. The third-order valence-corrected chi connectivity index (χ3v) is 6.26. The van der Waals surface area contributed by atoms with E-state index in [1.54, 1.807) is 36.3 Å². The highest BCUT2D eigenvalue weighted by molar-refractivity contribution is 7.99. The van der Waals surface area contributed by atoms with Gasteiger partial charge in [0.2, 0.25) is 6.79 Å². The lowest BCUT2D eigenvalue weighted by molar-refractivity contribution is 0.0720. The summed E-state index contributed by atoms with van der Waals surface area (Å²) in [7, 11) is 1.81. The number of rotatable bonds is 3. The average molecular weight is 386 g/mol. The molecule has 0 bridgehead atoms. The van der Waals surface area contributed by atoms with Gasteiger partial charge >= 0.3 is 0 Å². The highest BCUT2D eigenvalue weighted by Crippen LogP contribution is 2.33. The molecule has 6 nitrogen and oxygen atoms in total. The van der Waals surface area contributed by atoms with E-state index in [4.69, 9.17) is 9.47 Å². The van der Waals surface area contributed by atoms with Crippen LogP contribution in [0.2, 0.25) is 0 Å². The fraction of sp³-hybridized carbons (Fsp3) is 0.400. The van der Waals surface area contributed by atoms with E-state index in [9.17, 15) is 9.59 Å². The van der Waals surface area contributed by atoms with Crippen molar-refractivity contribution >= 4 is 17.7 Å². The van der Waals surface area contributed by atoms with Gasteiger partial charge in [-0.1, -0.05) is 0 Å². The van der Waals surface area contributed by atoms with Crippen LogP contribution >= 0.6 is 11.8 Å². The molecule has 1 aromatic carbocycles. The van der Waals surface area contributed by atoms with Gasteiger partial charge in [0.1, 0.15) is 5.56 Å². The second kappa shape index (κ2) is 7.31. The Morgan fingerprint density at radius 3 is 2.70 bits per heavy atom. The zero-order valence-electron chi connectivity index (χ0n) is 15.4. The highest BCUT2D eigenvalue weighted by atomic mass is 32.2. The van der Waals surface area contributed by atoms with Gasteiger partial charge in [-0.25, -0.2) is 0 Å². The molecular formula is C20H22N2O4S. The molecule has 2 aliphatic heterocycles. The molecule has 4 rings (SSSR count). The molecular weight excluding hydrogens is 364 g/mol. The van der Waals surface area contributed by atoms with E-state index in [0.717, 1.165) is 24.3 Å². The van der Waals surface area contributed by atoms with Crippen LogP contribution in [0.25, 0.3) is 5.69 Å². The van der Waals surface area contributed by atoms with Crippen LogP contribution in [0.4, 0.5) is 0 Å². The summed E-state index contributed by atoms with van der Waals surface area (Å²) in [5, 5.41) is 0. The summed E-state index contributed by atoms with van der Waals surface area (Å²) in [6, 6.07) is 7.33. The minimum absolute atomic E-state index is 0.176. The Labute approximate surface area is 162 Å². The Morgan fingerprint density at radius 1 is 1.19 bits per heavy atom. The van der Waals surface area contributed by atoms with E-state index < -0.39 is 0 Å².